The first-order chi connectivity index (χ1) is 13.2. The van der Waals surface area contributed by atoms with Crippen LogP contribution in [0, 0.1) is 5.82 Å². The Balaban J connectivity index is 0.00000225. The number of guanidine groups is 1. The lowest BCUT2D eigenvalue weighted by atomic mass is 10.2. The molecule has 28 heavy (non-hydrogen) atoms. The number of halogens is 2. The van der Waals surface area contributed by atoms with Crippen molar-refractivity contribution in [3.8, 4) is 5.69 Å². The molecule has 2 N–H and O–H groups in total. The van der Waals surface area contributed by atoms with E-state index in [0.717, 1.165) is 36.9 Å². The van der Waals surface area contributed by atoms with Gasteiger partial charge in [0.05, 0.1) is 18.6 Å². The Bertz CT molecular complexity index is 906. The molecule has 0 radical (unpaired) electrons. The van der Waals surface area contributed by atoms with Crippen LogP contribution in [0.3, 0.4) is 0 Å². The van der Waals surface area contributed by atoms with Crippen LogP contribution < -0.4 is 10.6 Å². The molecule has 148 valence electrons. The second-order valence-corrected chi connectivity index (χ2v) is 7.09. The Kier molecular flexibility index (Phi) is 6.83. The van der Waals surface area contributed by atoms with Crippen LogP contribution in [0.4, 0.5) is 9.52 Å². The van der Waals surface area contributed by atoms with Crippen molar-refractivity contribution >= 4 is 46.4 Å². The SMILES string of the molecule is I.NC(=NCc1ccc(-n2ccnc2)c(F)c1)N1CCN(c2nccs2)CC1. The summed E-state index contributed by atoms with van der Waals surface area (Å²) >= 11 is 1.64. The Hall–Kier alpha value is -2.21. The fraction of sp³-hybridized carbons (Fsp3) is 0.278. The molecule has 0 aliphatic carbocycles. The third kappa shape index (κ3) is 4.61. The predicted octanol–water partition coefficient (Wildman–Crippen LogP) is 2.72. The molecular weight excluding hydrogens is 492 g/mol. The molecule has 0 atom stereocenters. The molecule has 10 heteroatoms. The first-order valence-electron chi connectivity index (χ1n) is 8.67. The topological polar surface area (TPSA) is 75.6 Å². The lowest BCUT2D eigenvalue weighted by molar-refractivity contribution is 0.380. The number of benzene rings is 1. The van der Waals surface area contributed by atoms with Gasteiger partial charge in [0.15, 0.2) is 11.1 Å². The fourth-order valence-electron chi connectivity index (χ4n) is 3.03. The van der Waals surface area contributed by atoms with E-state index in [4.69, 9.17) is 5.73 Å². The lowest BCUT2D eigenvalue weighted by Crippen LogP contribution is -2.51. The first-order valence-corrected chi connectivity index (χ1v) is 9.55. The molecule has 3 aromatic rings. The number of hydrogen-bond acceptors (Lipinski definition) is 5. The van der Waals surface area contributed by atoms with Crippen molar-refractivity contribution in [3.63, 3.8) is 0 Å². The number of hydrogen-bond donors (Lipinski definition) is 1. The van der Waals surface area contributed by atoms with Gasteiger partial charge in [-0.2, -0.15) is 0 Å². The third-order valence-electron chi connectivity index (χ3n) is 4.51. The number of piperazine rings is 1. The molecule has 1 saturated heterocycles. The summed E-state index contributed by atoms with van der Waals surface area (Å²) in [5.74, 6) is 0.184. The van der Waals surface area contributed by atoms with Crippen molar-refractivity contribution < 1.29 is 4.39 Å². The van der Waals surface area contributed by atoms with Gasteiger partial charge in [0.1, 0.15) is 5.82 Å². The monoisotopic (exact) mass is 513 g/mol. The van der Waals surface area contributed by atoms with E-state index < -0.39 is 0 Å². The Morgan fingerprint density at radius 3 is 2.68 bits per heavy atom. The van der Waals surface area contributed by atoms with Crippen molar-refractivity contribution in [1.29, 1.82) is 0 Å². The highest BCUT2D eigenvalue weighted by Crippen LogP contribution is 2.19. The number of aliphatic imine (C=N–C) groups is 1. The van der Waals surface area contributed by atoms with Crippen LogP contribution in [0.25, 0.3) is 5.69 Å². The minimum atomic E-state index is -0.309. The minimum Gasteiger partial charge on any atom is -0.370 e. The van der Waals surface area contributed by atoms with Crippen molar-refractivity contribution in [2.24, 2.45) is 10.7 Å². The van der Waals surface area contributed by atoms with Gasteiger partial charge in [-0.05, 0) is 17.7 Å². The molecule has 4 rings (SSSR count). The summed E-state index contributed by atoms with van der Waals surface area (Å²) in [6, 6.07) is 5.08. The Labute approximate surface area is 183 Å². The van der Waals surface area contributed by atoms with Crippen LogP contribution in [0.2, 0.25) is 0 Å². The molecule has 1 fully saturated rings. The minimum absolute atomic E-state index is 0. The van der Waals surface area contributed by atoms with Gasteiger partial charge in [-0.25, -0.2) is 19.4 Å². The standard InChI is InChI=1S/C18H20FN7S.HI/c19-15-11-14(1-2-16(15)26-5-3-21-13-26)12-23-17(20)24-6-8-25(9-7-24)18-22-4-10-27-18;/h1-5,10-11,13H,6-9,12H2,(H2,20,23);1H. The maximum Gasteiger partial charge on any atom is 0.191 e. The molecule has 0 spiro atoms. The van der Waals surface area contributed by atoms with E-state index in [0.29, 0.717) is 18.2 Å². The van der Waals surface area contributed by atoms with Crippen LogP contribution in [-0.2, 0) is 6.54 Å². The number of rotatable bonds is 4. The number of thiazole rings is 1. The van der Waals surface area contributed by atoms with E-state index in [2.05, 4.69) is 24.8 Å². The number of aromatic nitrogens is 3. The van der Waals surface area contributed by atoms with E-state index in [1.807, 2.05) is 17.6 Å². The molecule has 1 aliphatic heterocycles. The van der Waals surface area contributed by atoms with Crippen molar-refractivity contribution in [1.82, 2.24) is 19.4 Å². The predicted molar refractivity (Wildman–Crippen MR) is 120 cm³/mol. The molecule has 1 aliphatic rings. The second-order valence-electron chi connectivity index (χ2n) is 6.22. The maximum absolute atomic E-state index is 14.3. The second kappa shape index (κ2) is 9.32. The van der Waals surface area contributed by atoms with Gasteiger partial charge < -0.3 is 20.1 Å². The highest BCUT2D eigenvalue weighted by atomic mass is 127. The highest BCUT2D eigenvalue weighted by Gasteiger charge is 2.19. The number of nitrogens with two attached hydrogens (primary N) is 1. The Morgan fingerprint density at radius 2 is 2.04 bits per heavy atom. The van der Waals surface area contributed by atoms with Gasteiger partial charge in [0, 0.05) is 50.1 Å². The van der Waals surface area contributed by atoms with E-state index in [-0.39, 0.29) is 29.8 Å². The van der Waals surface area contributed by atoms with Crippen LogP contribution >= 0.6 is 35.3 Å². The average Bonchev–Trinajstić information content (AvgIpc) is 3.40. The van der Waals surface area contributed by atoms with Crippen LogP contribution in [0.5, 0.6) is 0 Å². The first kappa shape index (κ1) is 20.5. The van der Waals surface area contributed by atoms with Crippen LogP contribution in [0.15, 0.2) is 53.5 Å². The molecule has 7 nitrogen and oxygen atoms in total. The van der Waals surface area contributed by atoms with E-state index in [1.165, 1.54) is 6.07 Å². The third-order valence-corrected chi connectivity index (χ3v) is 5.34. The van der Waals surface area contributed by atoms with Crippen molar-refractivity contribution in [2.45, 2.75) is 6.54 Å². The molecule has 0 bridgehead atoms. The lowest BCUT2D eigenvalue weighted by Gasteiger charge is -2.35. The zero-order valence-electron chi connectivity index (χ0n) is 15.1. The molecule has 3 heterocycles. The van der Waals surface area contributed by atoms with Crippen LogP contribution in [-0.4, -0.2) is 51.6 Å². The molecular formula is C18H21FIN7S. The van der Waals surface area contributed by atoms with E-state index >= 15 is 0 Å². The molecule has 0 unspecified atom stereocenters. The molecule has 0 amide bonds. The average molecular weight is 513 g/mol. The normalized spacial score (nSPS) is 14.8. The van der Waals surface area contributed by atoms with E-state index in [1.54, 1.807) is 40.7 Å². The van der Waals surface area contributed by atoms with Gasteiger partial charge in [-0.15, -0.1) is 35.3 Å². The van der Waals surface area contributed by atoms with E-state index in [9.17, 15) is 4.39 Å². The highest BCUT2D eigenvalue weighted by molar-refractivity contribution is 14.0. The summed E-state index contributed by atoms with van der Waals surface area (Å²) in [5, 5.41) is 3.02. The summed E-state index contributed by atoms with van der Waals surface area (Å²) in [6.07, 6.45) is 6.71. The largest absolute Gasteiger partial charge is 0.370 e. The smallest absolute Gasteiger partial charge is 0.191 e. The number of anilines is 1. The van der Waals surface area contributed by atoms with Gasteiger partial charge in [-0.3, -0.25) is 0 Å². The van der Waals surface area contributed by atoms with Gasteiger partial charge >= 0.3 is 0 Å². The van der Waals surface area contributed by atoms with Crippen molar-refractivity contribution in [2.75, 3.05) is 31.1 Å². The Morgan fingerprint density at radius 1 is 1.21 bits per heavy atom. The zero-order chi connectivity index (χ0) is 18.6. The number of imidazole rings is 1. The summed E-state index contributed by atoms with van der Waals surface area (Å²) in [5.41, 5.74) is 7.39. The fourth-order valence-corrected chi connectivity index (χ4v) is 3.73. The number of nitrogens with zero attached hydrogens (tertiary/aromatic N) is 6. The molecule has 1 aromatic carbocycles. The zero-order valence-corrected chi connectivity index (χ0v) is 18.3. The summed E-state index contributed by atoms with van der Waals surface area (Å²) in [6.45, 7) is 3.65. The van der Waals surface area contributed by atoms with Gasteiger partial charge in [0.2, 0.25) is 0 Å². The van der Waals surface area contributed by atoms with Crippen molar-refractivity contribution in [3.05, 3.63) is 59.9 Å². The quantitative estimate of drug-likeness (QED) is 0.330. The molecule has 0 saturated carbocycles. The maximum atomic E-state index is 14.3. The van der Waals surface area contributed by atoms with Crippen LogP contribution in [0.1, 0.15) is 5.56 Å². The van der Waals surface area contributed by atoms with Gasteiger partial charge in [0.25, 0.3) is 0 Å². The summed E-state index contributed by atoms with van der Waals surface area (Å²) < 4.78 is 16.0. The summed E-state index contributed by atoms with van der Waals surface area (Å²) in [4.78, 5) is 17.0. The van der Waals surface area contributed by atoms with Gasteiger partial charge in [-0.1, -0.05) is 6.07 Å². The summed E-state index contributed by atoms with van der Waals surface area (Å²) in [7, 11) is 0. The molecule has 2 aromatic heterocycles.